The summed E-state index contributed by atoms with van der Waals surface area (Å²) < 4.78 is 1.14. The fraction of sp³-hybridized carbons (Fsp3) is 0.190. The summed E-state index contributed by atoms with van der Waals surface area (Å²) in [6, 6.07) is 5.37. The van der Waals surface area contributed by atoms with Crippen LogP contribution in [0.25, 0.3) is 0 Å². The van der Waals surface area contributed by atoms with Crippen molar-refractivity contribution >= 4 is 9.41 Å². The van der Waals surface area contributed by atoms with Crippen LogP contribution in [-0.2, 0) is 0 Å². The average molecular weight is 486 g/mol. The normalized spacial score (nSPS) is 21.8. The van der Waals surface area contributed by atoms with Crippen LogP contribution in [0.15, 0.2) is 76.9 Å². The summed E-state index contributed by atoms with van der Waals surface area (Å²) in [4.78, 5) is 18.5. The number of hydrogen-bond donors (Lipinski definition) is 4. The second-order valence-electron chi connectivity index (χ2n) is 6.81. The number of nitrogens with zero attached hydrogens (tertiary/aromatic N) is 1. The van der Waals surface area contributed by atoms with E-state index in [1.165, 1.54) is 17.2 Å². The van der Waals surface area contributed by atoms with E-state index in [4.69, 9.17) is 5.41 Å². The van der Waals surface area contributed by atoms with E-state index < -0.39 is 21.2 Å². The summed E-state index contributed by atoms with van der Waals surface area (Å²) in [6.45, 7) is 4.35. The first-order valence-electron chi connectivity index (χ1n) is 9.00. The average Bonchev–Trinajstić information content (AvgIpc) is 2.78. The molecule has 4 rings (SSSR count). The van der Waals surface area contributed by atoms with Gasteiger partial charge in [0.25, 0.3) is 0 Å². The number of alkyl halides is 1. The van der Waals surface area contributed by atoms with Crippen molar-refractivity contribution in [2.24, 2.45) is 0 Å². The molecule has 6 nitrogen and oxygen atoms in total. The monoisotopic (exact) mass is 486 g/mol. The fourth-order valence-corrected chi connectivity index (χ4v) is 6.14. The molecule has 2 aliphatic heterocycles. The first-order valence-corrected chi connectivity index (χ1v) is 11.3. The van der Waals surface area contributed by atoms with Gasteiger partial charge in [-0.15, -0.1) is 0 Å². The van der Waals surface area contributed by atoms with Crippen molar-refractivity contribution in [3.05, 3.63) is 93.6 Å². The molecule has 0 spiro atoms. The molecule has 0 saturated heterocycles. The van der Waals surface area contributed by atoms with Gasteiger partial charge in [0.15, 0.2) is 0 Å². The Morgan fingerprint density at radius 1 is 1.32 bits per heavy atom. The number of nitrogens with one attached hydrogen (secondary N) is 4. The molecule has 0 fully saturated rings. The van der Waals surface area contributed by atoms with Gasteiger partial charge in [0.05, 0.1) is 0 Å². The van der Waals surface area contributed by atoms with Crippen LogP contribution in [0.5, 0.6) is 0 Å². The van der Waals surface area contributed by atoms with Crippen LogP contribution >= 0.6 is 0 Å². The minimum absolute atomic E-state index is 0.154. The Morgan fingerprint density at radius 3 is 2.96 bits per heavy atom. The summed E-state index contributed by atoms with van der Waals surface area (Å²) in [7, 11) is 0. The number of aryl methyl sites for hydroxylation is 1. The Morgan fingerprint density at radius 2 is 2.18 bits per heavy atom. The Bertz CT molecular complexity index is 1080. The zero-order chi connectivity index (χ0) is 19.7. The molecule has 28 heavy (non-hydrogen) atoms. The maximum atomic E-state index is 11.5. The summed E-state index contributed by atoms with van der Waals surface area (Å²) >= 11 is -0.431. The van der Waals surface area contributed by atoms with E-state index in [1.54, 1.807) is 6.20 Å². The van der Waals surface area contributed by atoms with Crippen LogP contribution in [0.4, 0.5) is 5.69 Å². The van der Waals surface area contributed by atoms with Crippen molar-refractivity contribution < 1.29 is 21.2 Å². The number of aromatic nitrogens is 2. The first-order chi connectivity index (χ1) is 13.5. The molecule has 2 unspecified atom stereocenters. The molecule has 2 aromatic rings. The summed E-state index contributed by atoms with van der Waals surface area (Å²) in [5.41, 5.74) is 5.01. The van der Waals surface area contributed by atoms with Gasteiger partial charge in [-0.05, 0) is 0 Å². The minimum atomic E-state index is -0.431. The number of halogens is 1. The van der Waals surface area contributed by atoms with Crippen molar-refractivity contribution in [3.63, 3.8) is 0 Å². The Balaban J connectivity index is 1.71. The number of hydrogen-bond acceptors (Lipinski definition) is 5. The van der Waals surface area contributed by atoms with E-state index >= 15 is 0 Å². The Kier molecular flexibility index (Phi) is 5.17. The number of rotatable bonds is 3. The standard InChI is InChI=1S/C21H21IN5O/c1-12-3-5-24-10-17(12)16-7-14-8-19(27-15-4-6-25-20(28)9-15)26-11-18(14)21(23)22-13(16)2/h3-11,13,16,23,26H,1-2H3,(H2,25,27,28)/q-1. The van der Waals surface area contributed by atoms with Crippen LogP contribution in [0.3, 0.4) is 0 Å². The molecule has 0 amide bonds. The molecule has 2 atom stereocenters. The van der Waals surface area contributed by atoms with Gasteiger partial charge in [-0.3, -0.25) is 0 Å². The summed E-state index contributed by atoms with van der Waals surface area (Å²) in [5, 5.41) is 15.1. The number of anilines is 1. The molecule has 0 saturated carbocycles. The Labute approximate surface area is 173 Å². The molecule has 0 bridgehead atoms. The van der Waals surface area contributed by atoms with E-state index in [0.717, 1.165) is 20.7 Å². The predicted molar refractivity (Wildman–Crippen MR) is 107 cm³/mol. The molecule has 0 aliphatic carbocycles. The number of dihydropyridines is 1. The van der Waals surface area contributed by atoms with E-state index in [2.05, 4.69) is 40.5 Å². The molecule has 2 aliphatic rings. The van der Waals surface area contributed by atoms with Crippen molar-refractivity contribution in [1.29, 1.82) is 5.41 Å². The van der Waals surface area contributed by atoms with E-state index in [1.807, 2.05) is 36.8 Å². The number of H-pyrrole nitrogens is 1. The molecule has 144 valence electrons. The molecule has 4 heterocycles. The van der Waals surface area contributed by atoms with Gasteiger partial charge in [-0.1, -0.05) is 0 Å². The number of aromatic amines is 1. The number of allylic oxidation sites excluding steroid dienone is 4. The van der Waals surface area contributed by atoms with Crippen molar-refractivity contribution in [1.82, 2.24) is 15.3 Å². The summed E-state index contributed by atoms with van der Waals surface area (Å²) in [6.07, 6.45) is 11.6. The molecule has 4 N–H and O–H groups in total. The van der Waals surface area contributed by atoms with Gasteiger partial charge < -0.3 is 0 Å². The van der Waals surface area contributed by atoms with E-state index in [0.29, 0.717) is 9.61 Å². The van der Waals surface area contributed by atoms with Crippen molar-refractivity contribution in [2.45, 2.75) is 23.7 Å². The van der Waals surface area contributed by atoms with Gasteiger partial charge in [-0.2, -0.15) is 0 Å². The number of fused-ring (bicyclic) bond motifs is 1. The predicted octanol–water partition coefficient (Wildman–Crippen LogP) is -0.00271. The van der Waals surface area contributed by atoms with Gasteiger partial charge in [-0.25, -0.2) is 0 Å². The topological polar surface area (TPSA) is 93.7 Å². The quantitative estimate of drug-likeness (QED) is 0.363. The van der Waals surface area contributed by atoms with Gasteiger partial charge >= 0.3 is 174 Å². The molecular weight excluding hydrogens is 465 g/mol. The summed E-state index contributed by atoms with van der Waals surface area (Å²) in [5.74, 6) is 1.01. The maximum absolute atomic E-state index is 11.5. The van der Waals surface area contributed by atoms with Crippen LogP contribution in [-0.4, -0.2) is 17.6 Å². The van der Waals surface area contributed by atoms with E-state index in [-0.39, 0.29) is 11.5 Å². The third-order valence-corrected chi connectivity index (χ3v) is 7.81. The third kappa shape index (κ3) is 3.80. The molecule has 7 heteroatoms. The Hall–Kier alpha value is -2.68. The van der Waals surface area contributed by atoms with Gasteiger partial charge in [0, 0.05) is 0 Å². The first kappa shape index (κ1) is 18.7. The van der Waals surface area contributed by atoms with Crippen molar-refractivity contribution in [2.75, 3.05) is 5.32 Å². The SMILES string of the molecule is Cc1ccncc1C1C=C2C=C(Nc3cc[nH]c(=O)c3)NC=C2C(=N)[I-]C1C. The third-order valence-electron chi connectivity index (χ3n) is 4.85. The van der Waals surface area contributed by atoms with Crippen LogP contribution in [0.2, 0.25) is 0 Å². The molecule has 2 aromatic heterocycles. The van der Waals surface area contributed by atoms with Crippen molar-refractivity contribution in [3.8, 4) is 0 Å². The molecular formula is C21H21IN5O-. The second-order valence-corrected chi connectivity index (χ2v) is 10.5. The van der Waals surface area contributed by atoms with Crippen LogP contribution < -0.4 is 37.4 Å². The second kappa shape index (κ2) is 7.75. The van der Waals surface area contributed by atoms with Crippen LogP contribution in [0.1, 0.15) is 24.0 Å². The van der Waals surface area contributed by atoms with Gasteiger partial charge in [0.2, 0.25) is 0 Å². The fourth-order valence-electron chi connectivity index (χ4n) is 3.37. The van der Waals surface area contributed by atoms with Gasteiger partial charge in [0.1, 0.15) is 0 Å². The van der Waals surface area contributed by atoms with E-state index in [9.17, 15) is 4.79 Å². The zero-order valence-corrected chi connectivity index (χ0v) is 17.7. The number of pyridine rings is 2. The molecule has 0 radical (unpaired) electrons. The molecule has 0 aromatic carbocycles. The zero-order valence-electron chi connectivity index (χ0n) is 15.6. The van der Waals surface area contributed by atoms with Crippen LogP contribution in [0, 0.1) is 12.3 Å².